The second kappa shape index (κ2) is 5.57. The summed E-state index contributed by atoms with van der Waals surface area (Å²) in [6, 6.07) is 9.80. The van der Waals surface area contributed by atoms with E-state index in [0.717, 1.165) is 28.4 Å². The number of benzene rings is 1. The van der Waals surface area contributed by atoms with E-state index in [0.29, 0.717) is 0 Å². The number of methoxy groups -OCH3 is 1. The third-order valence-electron chi connectivity index (χ3n) is 3.35. The summed E-state index contributed by atoms with van der Waals surface area (Å²) in [7, 11) is 1.65. The van der Waals surface area contributed by atoms with Gasteiger partial charge in [0.1, 0.15) is 11.9 Å². The van der Waals surface area contributed by atoms with Gasteiger partial charge in [0.05, 0.1) is 7.11 Å². The summed E-state index contributed by atoms with van der Waals surface area (Å²) in [6.45, 7) is 0. The van der Waals surface area contributed by atoms with E-state index in [1.54, 1.807) is 18.4 Å². The van der Waals surface area contributed by atoms with Crippen molar-refractivity contribution in [2.75, 3.05) is 12.9 Å². The highest BCUT2D eigenvalue weighted by molar-refractivity contribution is 7.98. The lowest BCUT2D eigenvalue weighted by atomic mass is 10.1. The molecule has 1 N–H and O–H groups in total. The number of hydrogen-bond donors (Lipinski definition) is 1. The van der Waals surface area contributed by atoms with E-state index in [1.807, 2.05) is 36.0 Å². The van der Waals surface area contributed by atoms with E-state index >= 15 is 0 Å². The van der Waals surface area contributed by atoms with E-state index in [-0.39, 0.29) is 0 Å². The van der Waals surface area contributed by atoms with Gasteiger partial charge in [-0.2, -0.15) is 11.8 Å². The average molecular weight is 292 g/mol. The Labute approximate surface area is 121 Å². The Kier molecular flexibility index (Phi) is 3.82. The van der Waals surface area contributed by atoms with Crippen molar-refractivity contribution in [3.05, 3.63) is 51.2 Å². The molecule has 0 saturated carbocycles. The zero-order valence-electron chi connectivity index (χ0n) is 10.8. The Bertz CT molecular complexity index is 537. The molecule has 0 radical (unpaired) electrons. The normalized spacial score (nSPS) is 15.9. The molecular weight excluding hydrogens is 276 g/mol. The molecule has 4 heteroatoms. The summed E-state index contributed by atoms with van der Waals surface area (Å²) in [6.07, 6.45) is 0.617. The van der Waals surface area contributed by atoms with Crippen LogP contribution < -0.4 is 4.74 Å². The van der Waals surface area contributed by atoms with Crippen molar-refractivity contribution in [1.82, 2.24) is 0 Å². The fraction of sp³-hybridized carbons (Fsp3) is 0.333. The molecule has 100 valence electrons. The SMILES string of the molecule is COc1ccc(C(O)c2cc3c(s2)CCSC3)cc1. The van der Waals surface area contributed by atoms with Crippen LogP contribution >= 0.6 is 23.1 Å². The van der Waals surface area contributed by atoms with Crippen LogP contribution in [-0.4, -0.2) is 18.0 Å². The average Bonchev–Trinajstić information content (AvgIpc) is 2.90. The minimum absolute atomic E-state index is 0.522. The van der Waals surface area contributed by atoms with Gasteiger partial charge in [-0.3, -0.25) is 0 Å². The minimum atomic E-state index is -0.522. The molecule has 1 aliphatic heterocycles. The standard InChI is InChI=1S/C15H16O2S2/c1-17-12-4-2-10(3-5-12)15(16)14-8-11-9-18-7-6-13(11)19-14/h2-5,8,15-16H,6-7,9H2,1H3. The van der Waals surface area contributed by atoms with Crippen molar-refractivity contribution >= 4 is 23.1 Å². The molecular formula is C15H16O2S2. The number of fused-ring (bicyclic) bond motifs is 1. The molecule has 0 saturated heterocycles. The lowest BCUT2D eigenvalue weighted by Gasteiger charge is -2.09. The second-order valence-electron chi connectivity index (χ2n) is 4.58. The third kappa shape index (κ3) is 2.66. The van der Waals surface area contributed by atoms with Crippen LogP contribution in [0.3, 0.4) is 0 Å². The van der Waals surface area contributed by atoms with Crippen molar-refractivity contribution in [2.45, 2.75) is 18.3 Å². The highest BCUT2D eigenvalue weighted by atomic mass is 32.2. The molecule has 1 aromatic carbocycles. The van der Waals surface area contributed by atoms with E-state index < -0.39 is 6.10 Å². The minimum Gasteiger partial charge on any atom is -0.497 e. The van der Waals surface area contributed by atoms with Crippen LogP contribution in [0.4, 0.5) is 0 Å². The van der Waals surface area contributed by atoms with Gasteiger partial charge < -0.3 is 9.84 Å². The van der Waals surface area contributed by atoms with Crippen LogP contribution in [0.1, 0.15) is 27.0 Å². The molecule has 0 spiro atoms. The van der Waals surface area contributed by atoms with Crippen molar-refractivity contribution < 1.29 is 9.84 Å². The summed E-state index contributed by atoms with van der Waals surface area (Å²) < 4.78 is 5.14. The van der Waals surface area contributed by atoms with Gasteiger partial charge in [-0.05, 0) is 41.5 Å². The Balaban J connectivity index is 1.85. The zero-order valence-corrected chi connectivity index (χ0v) is 12.4. The van der Waals surface area contributed by atoms with E-state index in [4.69, 9.17) is 4.74 Å². The van der Waals surface area contributed by atoms with Crippen molar-refractivity contribution in [1.29, 1.82) is 0 Å². The molecule has 2 aromatic rings. The Morgan fingerprint density at radius 3 is 2.74 bits per heavy atom. The first-order chi connectivity index (χ1) is 9.28. The summed E-state index contributed by atoms with van der Waals surface area (Å²) >= 11 is 3.73. The highest BCUT2D eigenvalue weighted by Crippen LogP contribution is 2.36. The smallest absolute Gasteiger partial charge is 0.118 e. The molecule has 1 atom stereocenters. The van der Waals surface area contributed by atoms with E-state index in [2.05, 4.69) is 6.07 Å². The molecule has 0 fully saturated rings. The quantitative estimate of drug-likeness (QED) is 0.937. The number of aryl methyl sites for hydroxylation is 1. The molecule has 0 amide bonds. The van der Waals surface area contributed by atoms with Crippen LogP contribution in [0.15, 0.2) is 30.3 Å². The van der Waals surface area contributed by atoms with Crippen molar-refractivity contribution in [3.63, 3.8) is 0 Å². The van der Waals surface area contributed by atoms with Gasteiger partial charge in [0.2, 0.25) is 0 Å². The maximum Gasteiger partial charge on any atom is 0.118 e. The fourth-order valence-corrected chi connectivity index (χ4v) is 4.65. The Morgan fingerprint density at radius 2 is 2.05 bits per heavy atom. The molecule has 2 nitrogen and oxygen atoms in total. The number of hydrogen-bond acceptors (Lipinski definition) is 4. The van der Waals surface area contributed by atoms with Gasteiger partial charge in [0, 0.05) is 15.5 Å². The van der Waals surface area contributed by atoms with Gasteiger partial charge in [0.25, 0.3) is 0 Å². The summed E-state index contributed by atoms with van der Waals surface area (Å²) in [5, 5.41) is 10.5. The first-order valence-corrected chi connectivity index (χ1v) is 8.26. The zero-order chi connectivity index (χ0) is 13.2. The van der Waals surface area contributed by atoms with Gasteiger partial charge in [0.15, 0.2) is 0 Å². The fourth-order valence-electron chi connectivity index (χ4n) is 2.26. The van der Waals surface area contributed by atoms with Gasteiger partial charge in [-0.25, -0.2) is 0 Å². The summed E-state index contributed by atoms with van der Waals surface area (Å²) in [5.41, 5.74) is 2.33. The van der Waals surface area contributed by atoms with Crippen molar-refractivity contribution in [2.24, 2.45) is 0 Å². The number of aliphatic hydroxyl groups excluding tert-OH is 1. The first kappa shape index (κ1) is 13.0. The van der Waals surface area contributed by atoms with E-state index in [1.165, 1.54) is 16.2 Å². The van der Waals surface area contributed by atoms with E-state index in [9.17, 15) is 5.11 Å². The topological polar surface area (TPSA) is 29.5 Å². The first-order valence-electron chi connectivity index (χ1n) is 6.29. The lowest BCUT2D eigenvalue weighted by Crippen LogP contribution is -1.97. The molecule has 1 unspecified atom stereocenters. The maximum absolute atomic E-state index is 10.5. The summed E-state index contributed by atoms with van der Waals surface area (Å²) in [4.78, 5) is 2.50. The van der Waals surface area contributed by atoms with Crippen LogP contribution in [0.25, 0.3) is 0 Å². The number of thiophene rings is 1. The number of aliphatic hydroxyl groups is 1. The van der Waals surface area contributed by atoms with Crippen LogP contribution in [-0.2, 0) is 12.2 Å². The number of ether oxygens (including phenoxy) is 1. The maximum atomic E-state index is 10.5. The molecule has 0 bridgehead atoms. The van der Waals surface area contributed by atoms with Crippen LogP contribution in [0.5, 0.6) is 5.75 Å². The molecule has 2 heterocycles. The van der Waals surface area contributed by atoms with Gasteiger partial charge in [-0.15, -0.1) is 11.3 Å². The van der Waals surface area contributed by atoms with Crippen LogP contribution in [0, 0.1) is 0 Å². The largest absolute Gasteiger partial charge is 0.497 e. The second-order valence-corrected chi connectivity index (χ2v) is 6.85. The Morgan fingerprint density at radius 1 is 1.26 bits per heavy atom. The summed E-state index contributed by atoms with van der Waals surface area (Å²) in [5.74, 6) is 3.10. The van der Waals surface area contributed by atoms with Crippen LogP contribution in [0.2, 0.25) is 0 Å². The van der Waals surface area contributed by atoms with Crippen molar-refractivity contribution in [3.8, 4) is 5.75 Å². The van der Waals surface area contributed by atoms with Gasteiger partial charge >= 0.3 is 0 Å². The molecule has 19 heavy (non-hydrogen) atoms. The number of rotatable bonds is 3. The predicted molar refractivity (Wildman–Crippen MR) is 81.2 cm³/mol. The molecule has 0 aliphatic carbocycles. The van der Waals surface area contributed by atoms with Gasteiger partial charge in [-0.1, -0.05) is 12.1 Å². The highest BCUT2D eigenvalue weighted by Gasteiger charge is 2.19. The predicted octanol–water partition coefficient (Wildman–Crippen LogP) is 3.63. The monoisotopic (exact) mass is 292 g/mol. The lowest BCUT2D eigenvalue weighted by molar-refractivity contribution is 0.224. The number of thioether (sulfide) groups is 1. The third-order valence-corrected chi connectivity index (χ3v) is 5.65. The molecule has 3 rings (SSSR count). The molecule has 1 aliphatic rings. The Hall–Kier alpha value is -0.970. The molecule has 1 aromatic heterocycles.